The predicted octanol–water partition coefficient (Wildman–Crippen LogP) is 2.29. The van der Waals surface area contributed by atoms with Gasteiger partial charge in [0.25, 0.3) is 0 Å². The van der Waals surface area contributed by atoms with Crippen molar-refractivity contribution in [2.24, 2.45) is 4.74 Å². The Morgan fingerprint density at radius 2 is 2.60 bits per heavy atom. The van der Waals surface area contributed by atoms with Crippen LogP contribution in [0.15, 0.2) is 4.74 Å². The standard InChI is InChI=1S/C2H5ClNP/c1-2-4-5-3/h2H2,1H3. The third-order valence-corrected chi connectivity index (χ3v) is 0.905. The van der Waals surface area contributed by atoms with Crippen molar-refractivity contribution in [1.29, 1.82) is 0 Å². The molecule has 30 valence electrons. The lowest BCUT2D eigenvalue weighted by atomic mass is 10.8. The summed E-state index contributed by atoms with van der Waals surface area (Å²) in [7, 11) is 0.627. The summed E-state index contributed by atoms with van der Waals surface area (Å²) in [5.41, 5.74) is 0. The van der Waals surface area contributed by atoms with Gasteiger partial charge in [-0.15, -0.1) is 0 Å². The predicted molar refractivity (Wildman–Crippen MR) is 25.7 cm³/mol. The molecule has 0 aromatic rings. The molecular weight excluding hydrogens is 104 g/mol. The van der Waals surface area contributed by atoms with Gasteiger partial charge in [0, 0.05) is 6.54 Å². The van der Waals surface area contributed by atoms with E-state index in [0.717, 1.165) is 6.54 Å². The lowest BCUT2D eigenvalue weighted by Crippen LogP contribution is -1.51. The highest BCUT2D eigenvalue weighted by molar-refractivity contribution is 7.60. The van der Waals surface area contributed by atoms with Crippen LogP contribution in [0, 0.1) is 0 Å². The van der Waals surface area contributed by atoms with Crippen LogP contribution in [0.3, 0.4) is 0 Å². The van der Waals surface area contributed by atoms with E-state index in [1.807, 2.05) is 6.92 Å². The lowest BCUT2D eigenvalue weighted by Gasteiger charge is -1.64. The van der Waals surface area contributed by atoms with Crippen molar-refractivity contribution in [2.75, 3.05) is 6.54 Å². The van der Waals surface area contributed by atoms with E-state index in [1.165, 1.54) is 0 Å². The maximum atomic E-state index is 5.11. The maximum Gasteiger partial charge on any atom is 0.113 e. The van der Waals surface area contributed by atoms with Crippen LogP contribution in [0.5, 0.6) is 0 Å². The fourth-order valence-corrected chi connectivity index (χ4v) is 0.481. The van der Waals surface area contributed by atoms with E-state index in [0.29, 0.717) is 7.73 Å². The Morgan fingerprint density at radius 1 is 2.00 bits per heavy atom. The molecule has 0 N–H and O–H groups in total. The van der Waals surface area contributed by atoms with E-state index in [1.54, 1.807) is 0 Å². The third-order valence-electron chi connectivity index (χ3n) is 0.195. The molecule has 0 fully saturated rings. The maximum absolute atomic E-state index is 5.11. The van der Waals surface area contributed by atoms with Gasteiger partial charge in [0.15, 0.2) is 0 Å². The molecule has 0 unspecified atom stereocenters. The first-order chi connectivity index (χ1) is 2.41. The van der Waals surface area contributed by atoms with Crippen LogP contribution >= 0.6 is 19.0 Å². The zero-order chi connectivity index (χ0) is 4.12. The molecule has 0 atom stereocenters. The average molecular weight is 109 g/mol. The van der Waals surface area contributed by atoms with Crippen molar-refractivity contribution in [2.45, 2.75) is 6.92 Å². The van der Waals surface area contributed by atoms with Crippen LogP contribution in [0.1, 0.15) is 6.92 Å². The van der Waals surface area contributed by atoms with Crippen LogP contribution in [0.2, 0.25) is 0 Å². The van der Waals surface area contributed by atoms with Crippen molar-refractivity contribution < 1.29 is 0 Å². The molecule has 0 aromatic carbocycles. The molecule has 0 rings (SSSR count). The van der Waals surface area contributed by atoms with Crippen LogP contribution in [0.4, 0.5) is 0 Å². The fraction of sp³-hybridized carbons (Fsp3) is 1.00. The van der Waals surface area contributed by atoms with Gasteiger partial charge >= 0.3 is 0 Å². The largest absolute Gasteiger partial charge is 0.253 e. The third kappa shape index (κ3) is 4.39. The first kappa shape index (κ1) is 5.39. The number of hydrogen-bond acceptors (Lipinski definition) is 1. The van der Waals surface area contributed by atoms with Gasteiger partial charge in [-0.25, -0.2) is 0 Å². The van der Waals surface area contributed by atoms with Gasteiger partial charge in [-0.2, -0.15) is 0 Å². The number of halogens is 1. The summed E-state index contributed by atoms with van der Waals surface area (Å²) < 4.78 is 3.71. The van der Waals surface area contributed by atoms with Gasteiger partial charge in [0.05, 0.1) is 0 Å². The molecule has 3 heteroatoms. The number of hydrogen-bond donors (Lipinski definition) is 0. The molecule has 0 heterocycles. The van der Waals surface area contributed by atoms with Gasteiger partial charge < -0.3 is 0 Å². The van der Waals surface area contributed by atoms with E-state index >= 15 is 0 Å². The van der Waals surface area contributed by atoms with Gasteiger partial charge in [0.1, 0.15) is 7.73 Å². The topological polar surface area (TPSA) is 12.4 Å². The Hall–Kier alpha value is 0.390. The summed E-state index contributed by atoms with van der Waals surface area (Å²) in [5, 5.41) is 0. The van der Waals surface area contributed by atoms with Crippen LogP contribution in [0.25, 0.3) is 0 Å². The van der Waals surface area contributed by atoms with Crippen LogP contribution in [-0.4, -0.2) is 6.54 Å². The van der Waals surface area contributed by atoms with Gasteiger partial charge in [0.2, 0.25) is 0 Å². The van der Waals surface area contributed by atoms with Crippen molar-refractivity contribution >= 4 is 19.0 Å². The molecule has 0 aliphatic heterocycles. The Labute approximate surface area is 38.0 Å². The van der Waals surface area contributed by atoms with Crippen molar-refractivity contribution in [3.8, 4) is 0 Å². The van der Waals surface area contributed by atoms with E-state index in [9.17, 15) is 0 Å². The van der Waals surface area contributed by atoms with Crippen molar-refractivity contribution in [1.82, 2.24) is 0 Å². The molecule has 0 aromatic heterocycles. The summed E-state index contributed by atoms with van der Waals surface area (Å²) in [6, 6.07) is 0. The van der Waals surface area contributed by atoms with Crippen LogP contribution < -0.4 is 0 Å². The summed E-state index contributed by atoms with van der Waals surface area (Å²) in [5.74, 6) is 0. The van der Waals surface area contributed by atoms with Crippen LogP contribution in [-0.2, 0) is 0 Å². The Bertz CT molecular complexity index is 36.6. The number of rotatable bonds is 1. The van der Waals surface area contributed by atoms with Crippen molar-refractivity contribution in [3.63, 3.8) is 0 Å². The Balaban J connectivity index is 2.62. The highest BCUT2D eigenvalue weighted by atomic mass is 35.7. The molecule has 0 aliphatic carbocycles. The summed E-state index contributed by atoms with van der Waals surface area (Å²) in [6.07, 6.45) is 0. The smallest absolute Gasteiger partial charge is 0.113 e. The van der Waals surface area contributed by atoms with E-state index in [-0.39, 0.29) is 0 Å². The van der Waals surface area contributed by atoms with E-state index < -0.39 is 0 Å². The highest BCUT2D eigenvalue weighted by Crippen LogP contribution is 2.02. The van der Waals surface area contributed by atoms with Gasteiger partial charge in [-0.3, -0.25) is 4.74 Å². The normalized spacial score (nSPS) is 10.0. The minimum Gasteiger partial charge on any atom is -0.253 e. The molecule has 0 radical (unpaired) electrons. The molecule has 0 bridgehead atoms. The second-order valence-electron chi connectivity index (χ2n) is 0.533. The lowest BCUT2D eigenvalue weighted by molar-refractivity contribution is 1.16. The Morgan fingerprint density at radius 3 is 2.60 bits per heavy atom. The summed E-state index contributed by atoms with van der Waals surface area (Å²) >= 11 is 5.11. The fourth-order valence-electron chi connectivity index (χ4n) is 0.0535. The minimum atomic E-state index is 0.627. The zero-order valence-electron chi connectivity index (χ0n) is 2.98. The monoisotopic (exact) mass is 109 g/mol. The molecular formula is C2H5ClNP. The minimum absolute atomic E-state index is 0.627. The Kier molecular flexibility index (Phi) is 4.73. The molecule has 5 heavy (non-hydrogen) atoms. The highest BCUT2D eigenvalue weighted by Gasteiger charge is 1.54. The average Bonchev–Trinajstić information content (AvgIpc) is 1.41. The second-order valence-corrected chi connectivity index (χ2v) is 1.42. The summed E-state index contributed by atoms with van der Waals surface area (Å²) in [4.78, 5) is 0. The van der Waals surface area contributed by atoms with E-state index in [2.05, 4.69) is 4.74 Å². The number of nitrogens with zero attached hydrogens (tertiary/aromatic N) is 1. The second kappa shape index (κ2) is 4.39. The molecule has 0 aliphatic rings. The molecule has 0 saturated heterocycles. The quantitative estimate of drug-likeness (QED) is 0.458. The molecule has 1 nitrogen and oxygen atoms in total. The van der Waals surface area contributed by atoms with Crippen molar-refractivity contribution in [3.05, 3.63) is 0 Å². The summed E-state index contributed by atoms with van der Waals surface area (Å²) in [6.45, 7) is 2.78. The molecule has 0 amide bonds. The van der Waals surface area contributed by atoms with E-state index in [4.69, 9.17) is 11.2 Å². The molecule has 0 saturated carbocycles. The zero-order valence-corrected chi connectivity index (χ0v) is 4.63. The first-order valence-corrected chi connectivity index (χ1v) is 3.14. The molecule has 0 spiro atoms. The van der Waals surface area contributed by atoms with Gasteiger partial charge in [-0.1, -0.05) is 0 Å². The SMILES string of the molecule is CCN=PCl. The van der Waals surface area contributed by atoms with Gasteiger partial charge in [-0.05, 0) is 18.2 Å². The first-order valence-electron chi connectivity index (χ1n) is 1.39.